The van der Waals surface area contributed by atoms with E-state index in [2.05, 4.69) is 19.2 Å². The molecule has 12 aliphatic rings. The first kappa shape index (κ1) is 39.4. The third-order valence-electron chi connectivity index (χ3n) is 19.1. The Morgan fingerprint density at radius 3 is 2.23 bits per heavy atom. The van der Waals surface area contributed by atoms with Crippen molar-refractivity contribution in [2.24, 2.45) is 17.3 Å². The minimum Gasteiger partial charge on any atom is -0.618 e. The summed E-state index contributed by atoms with van der Waals surface area (Å²) in [6.45, 7) is 17.5. The van der Waals surface area contributed by atoms with Gasteiger partial charge in [0.2, 0.25) is 23.4 Å². The van der Waals surface area contributed by atoms with Crippen LogP contribution in [0.3, 0.4) is 0 Å². The van der Waals surface area contributed by atoms with Crippen molar-refractivity contribution >= 4 is 58.1 Å². The Morgan fingerprint density at radius 2 is 1.53 bits per heavy atom. The second-order valence-electron chi connectivity index (χ2n) is 23.7. The summed E-state index contributed by atoms with van der Waals surface area (Å²) >= 11 is 0. The highest BCUT2D eigenvalue weighted by molar-refractivity contribution is 6.16. The summed E-state index contributed by atoms with van der Waals surface area (Å²) in [5, 5.41) is 33.7. The lowest BCUT2D eigenvalue weighted by molar-refractivity contribution is -0.366. The summed E-state index contributed by atoms with van der Waals surface area (Å²) in [6.07, 6.45) is 10.5. The van der Waals surface area contributed by atoms with Gasteiger partial charge in [-0.2, -0.15) is 9.47 Å². The third-order valence-corrected chi connectivity index (χ3v) is 19.1. The molecular formula is C52H56N6O8. The smallest absolute Gasteiger partial charge is 0.250 e. The topological polar surface area (TPSA) is 160 Å². The van der Waals surface area contributed by atoms with Gasteiger partial charge in [-0.3, -0.25) is 19.2 Å². The molecule has 0 radical (unpaired) electrons. The van der Waals surface area contributed by atoms with Gasteiger partial charge >= 0.3 is 0 Å². The molecule has 8 fully saturated rings. The lowest BCUT2D eigenvalue weighted by Gasteiger charge is -2.68. The molecule has 4 amide bonds. The lowest BCUT2D eigenvalue weighted by Crippen LogP contribution is -2.88. The number of aromatic nitrogens is 1. The van der Waals surface area contributed by atoms with Crippen molar-refractivity contribution in [3.05, 3.63) is 69.6 Å². The molecule has 3 aromatic rings. The number of carbonyl (C=O) groups is 4. The largest absolute Gasteiger partial charge is 0.618 e. The van der Waals surface area contributed by atoms with Gasteiger partial charge in [0.05, 0.1) is 28.2 Å². The van der Waals surface area contributed by atoms with E-state index in [1.807, 2.05) is 105 Å². The minimum absolute atomic E-state index is 0.136. The molecule has 14 heteroatoms. The van der Waals surface area contributed by atoms with Gasteiger partial charge in [0.25, 0.3) is 5.91 Å². The monoisotopic (exact) mass is 892 g/mol. The van der Waals surface area contributed by atoms with Crippen LogP contribution in [0.4, 0.5) is 5.69 Å². The van der Waals surface area contributed by atoms with E-state index >= 15 is 19.6 Å². The van der Waals surface area contributed by atoms with Gasteiger partial charge in [-0.05, 0) is 128 Å². The predicted octanol–water partition coefficient (Wildman–Crippen LogP) is 6.04. The summed E-state index contributed by atoms with van der Waals surface area (Å²) in [4.78, 5) is 69.7. The molecule has 342 valence electrons. The summed E-state index contributed by atoms with van der Waals surface area (Å²) in [6, 6.07) is 6.52. The first-order chi connectivity index (χ1) is 31.1. The maximum absolute atomic E-state index is 16.8. The van der Waals surface area contributed by atoms with Crippen molar-refractivity contribution < 1.29 is 38.6 Å². The zero-order valence-electron chi connectivity index (χ0n) is 38.8. The van der Waals surface area contributed by atoms with E-state index in [1.54, 1.807) is 0 Å². The van der Waals surface area contributed by atoms with Gasteiger partial charge in [0, 0.05) is 65.7 Å². The molecule has 2 aliphatic carbocycles. The molecule has 14 nitrogen and oxygen atoms in total. The average molecular weight is 893 g/mol. The molecule has 1 saturated carbocycles. The van der Waals surface area contributed by atoms with Gasteiger partial charge in [-0.15, -0.1) is 0 Å². The number of fused-ring (bicyclic) bond motifs is 11. The van der Waals surface area contributed by atoms with Crippen LogP contribution in [-0.4, -0.2) is 112 Å². The van der Waals surface area contributed by atoms with E-state index in [9.17, 15) is 10.0 Å². The molecular weight excluding hydrogens is 837 g/mol. The van der Waals surface area contributed by atoms with Gasteiger partial charge in [0.15, 0.2) is 5.71 Å². The van der Waals surface area contributed by atoms with Crippen molar-refractivity contribution in [3.63, 3.8) is 0 Å². The molecule has 1 aromatic heterocycles. The van der Waals surface area contributed by atoms with Crippen LogP contribution in [0.5, 0.6) is 11.5 Å². The number of amides is 4. The summed E-state index contributed by atoms with van der Waals surface area (Å²) in [5.74, 6) is -2.06. The highest BCUT2D eigenvalue weighted by atomic mass is 16.5. The van der Waals surface area contributed by atoms with E-state index in [0.29, 0.717) is 107 Å². The van der Waals surface area contributed by atoms with E-state index in [-0.39, 0.29) is 30.0 Å². The molecule has 2 N–H and O–H groups in total. The van der Waals surface area contributed by atoms with Gasteiger partial charge in [-0.25, -0.2) is 0 Å². The highest BCUT2D eigenvalue weighted by Gasteiger charge is 2.94. The van der Waals surface area contributed by atoms with Crippen molar-refractivity contribution in [1.82, 2.24) is 24.7 Å². The first-order valence-corrected chi connectivity index (χ1v) is 24.1. The zero-order valence-corrected chi connectivity index (χ0v) is 38.8. The van der Waals surface area contributed by atoms with Crippen LogP contribution < -0.4 is 14.8 Å². The number of nitrogens with one attached hydrogen (secondary N) is 1. The first-order valence-electron chi connectivity index (χ1n) is 24.1. The average Bonchev–Trinajstić information content (AvgIpc) is 3.94. The van der Waals surface area contributed by atoms with Crippen LogP contribution in [0.15, 0.2) is 36.4 Å². The Balaban J connectivity index is 1.21. The molecule has 4 unspecified atom stereocenters. The normalized spacial score (nSPS) is 37.6. The Morgan fingerprint density at radius 1 is 0.848 bits per heavy atom. The molecule has 7 saturated heterocycles. The Bertz CT molecular complexity index is 3040. The van der Waals surface area contributed by atoms with Crippen LogP contribution in [0.2, 0.25) is 0 Å². The molecule has 11 heterocycles. The van der Waals surface area contributed by atoms with E-state index in [4.69, 9.17) is 9.47 Å². The van der Waals surface area contributed by atoms with E-state index < -0.39 is 67.9 Å². The van der Waals surface area contributed by atoms with Crippen LogP contribution in [0, 0.1) is 22.5 Å². The quantitative estimate of drug-likeness (QED) is 0.170. The number of nitrogens with zero attached hydrogens (tertiary/aromatic N) is 5. The van der Waals surface area contributed by atoms with Crippen molar-refractivity contribution in [3.8, 4) is 11.5 Å². The second kappa shape index (κ2) is 11.1. The standard InChI is InChI=1S/C52H56N6O8/c1-45(2)20-17-26-30(65-45)13-11-28-35-38-50-29-12-14-31-27(18-21-46(3,4)66-31)37(29)58(64)40(50)48(7,8)32-15-16-34(59)53-51(32,43(61)54-22-10-23-54)41(50)56-42(60)49-19-9-24-55(49)44(62)52(38,56)33(25-49)47(5,6)39(35)57(63)36(26)28/h11-14,17-18,20-21,32-33,38,41,63H,9-10,15-16,19,22-25H2,1-8H3,(H,53,59)/t32-,33-,38+,41-,49?,50?,51?,52?/m0/s1. The highest BCUT2D eigenvalue weighted by Crippen LogP contribution is 2.80. The maximum Gasteiger partial charge on any atom is 0.250 e. The maximum atomic E-state index is 16.8. The molecule has 8 atom stereocenters. The second-order valence-corrected chi connectivity index (χ2v) is 23.7. The predicted molar refractivity (Wildman–Crippen MR) is 243 cm³/mol. The third kappa shape index (κ3) is 3.79. The number of hydrogen-bond acceptors (Lipinski definition) is 8. The fourth-order valence-corrected chi connectivity index (χ4v) is 17.0. The number of carbonyl (C=O) groups excluding carboxylic acids is 4. The van der Waals surface area contributed by atoms with E-state index in [0.717, 1.165) is 11.2 Å². The van der Waals surface area contributed by atoms with Gasteiger partial charge < -0.3 is 39.9 Å². The fraction of sp³-hybridized carbons (Fsp3) is 0.558. The lowest BCUT2D eigenvalue weighted by atomic mass is 9.40. The van der Waals surface area contributed by atoms with Crippen molar-refractivity contribution in [2.75, 3.05) is 19.6 Å². The fourth-order valence-electron chi connectivity index (χ4n) is 17.0. The number of hydrogen-bond donors (Lipinski definition) is 2. The van der Waals surface area contributed by atoms with E-state index in [1.165, 1.54) is 4.73 Å². The van der Waals surface area contributed by atoms with Crippen molar-refractivity contribution in [2.45, 2.75) is 145 Å². The van der Waals surface area contributed by atoms with Crippen LogP contribution in [0.1, 0.15) is 128 Å². The molecule has 3 spiro atoms. The van der Waals surface area contributed by atoms with Crippen LogP contribution >= 0.6 is 0 Å². The molecule has 2 bridgehead atoms. The number of ether oxygens (including phenoxy) is 2. The van der Waals surface area contributed by atoms with Gasteiger partial charge in [0.1, 0.15) is 44.7 Å². The number of benzene rings is 2. The van der Waals surface area contributed by atoms with Gasteiger partial charge in [-0.1, -0.05) is 13.8 Å². The number of rotatable bonds is 1. The number of likely N-dealkylation sites (tertiary alicyclic amines) is 1. The number of piperazine rings is 1. The number of piperidine rings is 3. The molecule has 10 aliphatic heterocycles. The molecule has 66 heavy (non-hydrogen) atoms. The SMILES string of the molecule is CC1(C)C=Cc2c(ccc3c2[N+]([O-])=C2C(C)(C)[C@@H]4CCC(=O)NC4(C(=O)N4CCC4)[C@H]4N5C(=O)C67CCCN6C(=O)C56[C@H](c5c(n(O)c8c9c(ccc58)OC(C)(C)C=C9)C(C)(C)[C@@H]6C7)C234)O1. The summed E-state index contributed by atoms with van der Waals surface area (Å²) < 4.78 is 15.5. The zero-order chi connectivity index (χ0) is 46.0. The summed E-state index contributed by atoms with van der Waals surface area (Å²) in [7, 11) is 0. The minimum atomic E-state index is -1.75. The van der Waals surface area contributed by atoms with Crippen molar-refractivity contribution in [1.29, 1.82) is 0 Å². The Labute approximate surface area is 382 Å². The Kier molecular flexibility index (Phi) is 6.65. The molecule has 2 aromatic carbocycles. The van der Waals surface area contributed by atoms with Crippen LogP contribution in [0.25, 0.3) is 23.1 Å². The summed E-state index contributed by atoms with van der Waals surface area (Å²) in [5.41, 5.74) is -5.08. The molecule has 15 rings (SSSR count). The Hall–Kier alpha value is -5.79. The van der Waals surface area contributed by atoms with Crippen LogP contribution in [-0.2, 0) is 30.0 Å².